The first-order valence-corrected chi connectivity index (χ1v) is 3.66. The first-order valence-electron chi connectivity index (χ1n) is 3.66. The van der Waals surface area contributed by atoms with E-state index < -0.39 is 31.1 Å². The van der Waals surface area contributed by atoms with Crippen molar-refractivity contribution in [3.8, 4) is 12.1 Å². The predicted molar refractivity (Wildman–Crippen MR) is 38.8 cm³/mol. The molecule has 0 aliphatic heterocycles. The Kier molecular flexibility index (Phi) is 4.18. The van der Waals surface area contributed by atoms with Gasteiger partial charge in [0.25, 0.3) is 0 Å². The van der Waals surface area contributed by atoms with Crippen LogP contribution in [0.3, 0.4) is 0 Å². The Hall–Kier alpha value is -1.90. The van der Waals surface area contributed by atoms with Crippen LogP contribution in [0.4, 0.5) is 22.0 Å². The molecular weight excluding hydrogens is 237 g/mol. The molecule has 0 bridgehead atoms. The summed E-state index contributed by atoms with van der Waals surface area (Å²) in [6.07, 6.45) is -6.05. The summed E-state index contributed by atoms with van der Waals surface area (Å²) in [5, 5.41) is 16.2. The zero-order valence-electron chi connectivity index (χ0n) is 7.55. The van der Waals surface area contributed by atoms with Gasteiger partial charge < -0.3 is 4.90 Å². The van der Waals surface area contributed by atoms with E-state index in [1.54, 1.807) is 0 Å². The van der Waals surface area contributed by atoms with Crippen LogP contribution in [-0.4, -0.2) is 36.0 Å². The molecule has 0 radical (unpaired) electrons. The third-order valence-electron chi connectivity index (χ3n) is 1.43. The first-order chi connectivity index (χ1) is 7.18. The second kappa shape index (κ2) is 4.75. The molecule has 0 aromatic heterocycles. The third kappa shape index (κ3) is 2.79. The number of nitrogens with zero attached hydrogens (tertiary/aromatic N) is 3. The fourth-order valence-corrected chi connectivity index (χ4v) is 0.690. The zero-order valence-corrected chi connectivity index (χ0v) is 7.55. The summed E-state index contributed by atoms with van der Waals surface area (Å²) < 4.78 is 60.3. The highest BCUT2D eigenvalue weighted by Gasteiger charge is 2.64. The van der Waals surface area contributed by atoms with Crippen LogP contribution in [0.5, 0.6) is 0 Å². The number of hydrogen-bond acceptors (Lipinski definition) is 3. The molecule has 0 saturated heterocycles. The minimum atomic E-state index is -6.05. The first kappa shape index (κ1) is 14.1. The van der Waals surface area contributed by atoms with Crippen molar-refractivity contribution in [1.82, 2.24) is 4.90 Å². The molecule has 0 unspecified atom stereocenters. The van der Waals surface area contributed by atoms with Crippen molar-refractivity contribution in [1.29, 1.82) is 10.5 Å². The largest absolute Gasteiger partial charge is 0.463 e. The van der Waals surface area contributed by atoms with E-state index in [0.29, 0.717) is 0 Å². The number of amides is 1. The van der Waals surface area contributed by atoms with Crippen LogP contribution in [0.15, 0.2) is 0 Å². The van der Waals surface area contributed by atoms with E-state index in [1.165, 1.54) is 12.1 Å². The number of alkyl halides is 5. The fourth-order valence-electron chi connectivity index (χ4n) is 0.690. The zero-order chi connectivity index (χ0) is 13.0. The van der Waals surface area contributed by atoms with Crippen molar-refractivity contribution in [2.75, 3.05) is 13.1 Å². The van der Waals surface area contributed by atoms with Gasteiger partial charge in [-0.15, -0.1) is 0 Å². The molecule has 0 aliphatic carbocycles. The molecule has 16 heavy (non-hydrogen) atoms. The average molecular weight is 241 g/mol. The summed E-state index contributed by atoms with van der Waals surface area (Å²) >= 11 is 0. The molecule has 0 saturated carbocycles. The number of rotatable bonds is 3. The van der Waals surface area contributed by atoms with Crippen LogP contribution in [-0.2, 0) is 4.79 Å². The minimum absolute atomic E-state index is 0.173. The lowest BCUT2D eigenvalue weighted by Crippen LogP contribution is -2.52. The SMILES string of the molecule is N#CCN(CC#N)C(=O)C(F)(F)C(F)(F)F. The lowest BCUT2D eigenvalue weighted by Gasteiger charge is -2.24. The van der Waals surface area contributed by atoms with Crippen molar-refractivity contribution >= 4 is 5.91 Å². The predicted octanol–water partition coefficient (Wildman–Crippen LogP) is 1.06. The molecule has 0 spiro atoms. The summed E-state index contributed by atoms with van der Waals surface area (Å²) in [6, 6.07) is 2.42. The van der Waals surface area contributed by atoms with Crippen LogP contribution in [0, 0.1) is 22.7 Å². The molecule has 0 heterocycles. The van der Waals surface area contributed by atoms with E-state index in [2.05, 4.69) is 0 Å². The summed E-state index contributed by atoms with van der Waals surface area (Å²) in [5.74, 6) is -8.20. The summed E-state index contributed by atoms with van der Waals surface area (Å²) in [5.41, 5.74) is 0. The Labute approximate surface area is 86.5 Å². The molecular formula is C7H4F5N3O. The normalized spacial score (nSPS) is 11.4. The van der Waals surface area contributed by atoms with Crippen LogP contribution in [0.2, 0.25) is 0 Å². The highest BCUT2D eigenvalue weighted by atomic mass is 19.4. The highest BCUT2D eigenvalue weighted by molar-refractivity contribution is 5.84. The van der Waals surface area contributed by atoms with E-state index in [-0.39, 0.29) is 4.90 Å². The summed E-state index contributed by atoms with van der Waals surface area (Å²) in [7, 11) is 0. The molecule has 0 aromatic rings. The van der Waals surface area contributed by atoms with Crippen molar-refractivity contribution in [3.63, 3.8) is 0 Å². The number of halogens is 5. The van der Waals surface area contributed by atoms with Crippen molar-refractivity contribution < 1.29 is 26.7 Å². The maximum Gasteiger partial charge on any atom is 0.463 e. The standard InChI is InChI=1S/C7H4F5N3O/c8-6(9,7(10,11)12)5(16)15(3-1-13)4-2-14/h3-4H2. The van der Waals surface area contributed by atoms with Gasteiger partial charge in [0.15, 0.2) is 0 Å². The third-order valence-corrected chi connectivity index (χ3v) is 1.43. The van der Waals surface area contributed by atoms with E-state index in [0.717, 1.165) is 0 Å². The molecule has 4 nitrogen and oxygen atoms in total. The van der Waals surface area contributed by atoms with Crippen molar-refractivity contribution in [2.24, 2.45) is 0 Å². The second-order valence-corrected chi connectivity index (χ2v) is 2.55. The monoisotopic (exact) mass is 241 g/mol. The maximum absolute atomic E-state index is 12.5. The van der Waals surface area contributed by atoms with Gasteiger partial charge in [0, 0.05) is 0 Å². The molecule has 0 fully saturated rings. The van der Waals surface area contributed by atoms with Gasteiger partial charge in [-0.2, -0.15) is 32.5 Å². The highest BCUT2D eigenvalue weighted by Crippen LogP contribution is 2.36. The fraction of sp³-hybridized carbons (Fsp3) is 0.571. The number of carbonyl (C=O) groups excluding carboxylic acids is 1. The average Bonchev–Trinajstić information content (AvgIpc) is 2.14. The van der Waals surface area contributed by atoms with Gasteiger partial charge in [-0.25, -0.2) is 0 Å². The topological polar surface area (TPSA) is 67.9 Å². The van der Waals surface area contributed by atoms with Gasteiger partial charge in [0.05, 0.1) is 12.1 Å². The molecule has 0 aliphatic rings. The van der Waals surface area contributed by atoms with Crippen LogP contribution in [0.1, 0.15) is 0 Å². The summed E-state index contributed by atoms with van der Waals surface area (Å²) in [6.45, 7) is -2.03. The van der Waals surface area contributed by atoms with Crippen molar-refractivity contribution in [3.05, 3.63) is 0 Å². The molecule has 0 N–H and O–H groups in total. The van der Waals surface area contributed by atoms with E-state index in [1.807, 2.05) is 0 Å². The van der Waals surface area contributed by atoms with Gasteiger partial charge in [-0.3, -0.25) is 4.79 Å². The minimum Gasteiger partial charge on any atom is -0.311 e. The van der Waals surface area contributed by atoms with Gasteiger partial charge in [-0.05, 0) is 0 Å². The molecule has 88 valence electrons. The van der Waals surface area contributed by atoms with Gasteiger partial charge in [0.2, 0.25) is 0 Å². The lowest BCUT2D eigenvalue weighted by atomic mass is 10.2. The quantitative estimate of drug-likeness (QED) is 0.548. The number of nitriles is 2. The Bertz CT molecular complexity index is 335. The Morgan fingerprint density at radius 2 is 1.44 bits per heavy atom. The smallest absolute Gasteiger partial charge is 0.311 e. The van der Waals surface area contributed by atoms with Crippen LogP contribution < -0.4 is 0 Å². The number of hydrogen-bond donors (Lipinski definition) is 0. The molecule has 0 atom stereocenters. The lowest BCUT2D eigenvalue weighted by molar-refractivity contribution is -0.274. The van der Waals surface area contributed by atoms with E-state index in [9.17, 15) is 26.7 Å². The van der Waals surface area contributed by atoms with Gasteiger partial charge in [0.1, 0.15) is 13.1 Å². The number of carbonyl (C=O) groups is 1. The Morgan fingerprint density at radius 1 is 1.06 bits per heavy atom. The van der Waals surface area contributed by atoms with Gasteiger partial charge in [-0.1, -0.05) is 0 Å². The van der Waals surface area contributed by atoms with E-state index >= 15 is 0 Å². The van der Waals surface area contributed by atoms with E-state index in [4.69, 9.17) is 10.5 Å². The maximum atomic E-state index is 12.5. The summed E-state index contributed by atoms with van der Waals surface area (Å²) in [4.78, 5) is 10.6. The second-order valence-electron chi connectivity index (χ2n) is 2.55. The van der Waals surface area contributed by atoms with Crippen molar-refractivity contribution in [2.45, 2.75) is 12.1 Å². The molecule has 0 rings (SSSR count). The van der Waals surface area contributed by atoms with Crippen LogP contribution >= 0.6 is 0 Å². The van der Waals surface area contributed by atoms with Crippen LogP contribution in [0.25, 0.3) is 0 Å². The molecule has 0 aromatic carbocycles. The molecule has 1 amide bonds. The van der Waals surface area contributed by atoms with Gasteiger partial charge >= 0.3 is 18.0 Å². The molecule has 9 heteroatoms. The Morgan fingerprint density at radius 3 is 1.69 bits per heavy atom. The Balaban J connectivity index is 5.03.